The molecule has 2 aliphatic heterocycles. The molecule has 1 amide bonds. The van der Waals surface area contributed by atoms with Crippen LogP contribution in [-0.4, -0.2) is 110 Å². The van der Waals surface area contributed by atoms with Crippen LogP contribution in [0.25, 0.3) is 10.8 Å². The van der Waals surface area contributed by atoms with Crippen molar-refractivity contribution in [2.24, 2.45) is 22.9 Å². The van der Waals surface area contributed by atoms with Crippen LogP contribution in [0.4, 0.5) is 4.79 Å². The predicted octanol–water partition coefficient (Wildman–Crippen LogP) is 8.82. The molecule has 13 nitrogen and oxygen atoms in total. The summed E-state index contributed by atoms with van der Waals surface area (Å²) in [4.78, 5) is 22.4. The lowest BCUT2D eigenvalue weighted by Crippen LogP contribution is -2.70. The number of carbonyl (C=O) groups is 1. The zero-order valence-corrected chi connectivity index (χ0v) is 37.0. The minimum atomic E-state index is -1.49. The van der Waals surface area contributed by atoms with Crippen molar-refractivity contribution in [3.8, 4) is 17.2 Å². The quantitative estimate of drug-likeness (QED) is 0.0449. The van der Waals surface area contributed by atoms with E-state index in [0.29, 0.717) is 55.3 Å². The second kappa shape index (κ2) is 23.4. The van der Waals surface area contributed by atoms with Crippen molar-refractivity contribution < 1.29 is 53.4 Å². The molecule has 64 heavy (non-hydrogen) atoms. The Kier molecular flexibility index (Phi) is 17.3. The average Bonchev–Trinajstić information content (AvgIpc) is 3.32. The number of allylic oxidation sites excluding steroid dienone is 1. The summed E-state index contributed by atoms with van der Waals surface area (Å²) >= 11 is 0. The van der Waals surface area contributed by atoms with E-state index in [4.69, 9.17) is 38.4 Å². The van der Waals surface area contributed by atoms with Crippen LogP contribution >= 0.6 is 0 Å². The van der Waals surface area contributed by atoms with Gasteiger partial charge in [-0.05, 0) is 103 Å². The van der Waals surface area contributed by atoms with E-state index in [1.54, 1.807) is 17.1 Å². The number of amides is 1. The van der Waals surface area contributed by atoms with E-state index in [1.807, 2.05) is 36.4 Å². The normalized spacial score (nSPS) is 25.4. The Balaban J connectivity index is 1.42. The van der Waals surface area contributed by atoms with Gasteiger partial charge < -0.3 is 48.6 Å². The largest absolute Gasteiger partial charge is 0.459 e. The first kappa shape index (κ1) is 47.2. The fourth-order valence-corrected chi connectivity index (χ4v) is 10.0. The number of rotatable bonds is 24. The van der Waals surface area contributed by atoms with Gasteiger partial charge in [-0.15, -0.1) is 13.2 Å². The van der Waals surface area contributed by atoms with Gasteiger partial charge in [0.15, 0.2) is 0 Å². The topological polar surface area (TPSA) is 158 Å². The van der Waals surface area contributed by atoms with Crippen molar-refractivity contribution in [1.29, 1.82) is 0 Å². The summed E-state index contributed by atoms with van der Waals surface area (Å²) in [5.74, 6) is -0.249. The third-order valence-corrected chi connectivity index (χ3v) is 12.9. The Morgan fingerprint density at radius 2 is 1.69 bits per heavy atom. The van der Waals surface area contributed by atoms with Crippen LogP contribution < -0.4 is 9.47 Å². The van der Waals surface area contributed by atoms with Gasteiger partial charge in [0.05, 0.1) is 51.3 Å². The molecule has 3 aromatic rings. The number of benzene rings is 3. The molecule has 0 radical (unpaired) electrons. The summed E-state index contributed by atoms with van der Waals surface area (Å²) in [6.07, 6.45) is 12.4. The third kappa shape index (κ3) is 11.0. The summed E-state index contributed by atoms with van der Waals surface area (Å²) in [6, 6.07) is 19.3. The molecule has 7 atom stereocenters. The number of aliphatic hydroxyl groups excluding tert-OH is 3. The van der Waals surface area contributed by atoms with Crippen molar-refractivity contribution >= 4 is 22.6 Å². The van der Waals surface area contributed by atoms with Gasteiger partial charge in [0.1, 0.15) is 23.3 Å². The molecule has 2 heterocycles. The molecule has 346 valence electrons. The highest BCUT2D eigenvalue weighted by atomic mass is 16.8. The lowest BCUT2D eigenvalue weighted by molar-refractivity contribution is -0.256. The molecule has 0 aromatic heterocycles. The highest BCUT2D eigenvalue weighted by molar-refractivity contribution is 6.03. The van der Waals surface area contributed by atoms with Crippen molar-refractivity contribution in [3.63, 3.8) is 0 Å². The Bertz CT molecular complexity index is 2070. The molecule has 2 aliphatic carbocycles. The molecule has 3 N–H and O–H groups in total. The number of hydrogen-bond donors (Lipinski definition) is 3. The number of aliphatic hydroxyl groups is 3. The van der Waals surface area contributed by atoms with Crippen LogP contribution in [0.1, 0.15) is 82.1 Å². The molecule has 1 saturated carbocycles. The predicted molar refractivity (Wildman–Crippen MR) is 244 cm³/mol. The maximum Gasteiger partial charge on any atom is 0.410 e. The minimum Gasteiger partial charge on any atom is -0.459 e. The minimum absolute atomic E-state index is 0.0211. The van der Waals surface area contributed by atoms with E-state index >= 15 is 0 Å². The second-order valence-electron chi connectivity index (χ2n) is 17.0. The van der Waals surface area contributed by atoms with E-state index in [2.05, 4.69) is 43.5 Å². The zero-order chi connectivity index (χ0) is 44.7. The van der Waals surface area contributed by atoms with Crippen molar-refractivity contribution in [3.05, 3.63) is 103 Å². The number of oxime groups is 1. The summed E-state index contributed by atoms with van der Waals surface area (Å²) in [5.41, 5.74) is 2.51. The first-order valence-electron chi connectivity index (χ1n) is 23.2. The number of ether oxygens (including phenoxy) is 6. The first-order valence-corrected chi connectivity index (χ1v) is 23.2. The highest BCUT2D eigenvalue weighted by Gasteiger charge is 2.65. The van der Waals surface area contributed by atoms with Crippen LogP contribution in [0.2, 0.25) is 0 Å². The van der Waals surface area contributed by atoms with Crippen molar-refractivity contribution in [2.75, 3.05) is 59.4 Å². The van der Waals surface area contributed by atoms with Gasteiger partial charge in [-0.25, -0.2) is 4.79 Å². The Morgan fingerprint density at radius 1 is 0.891 bits per heavy atom. The Morgan fingerprint density at radius 3 is 2.45 bits per heavy atom. The molecule has 13 heteroatoms. The monoisotopic (exact) mass is 882 g/mol. The first-order chi connectivity index (χ1) is 31.4. The molecule has 0 bridgehead atoms. The fourth-order valence-electron chi connectivity index (χ4n) is 10.0. The molecule has 3 aromatic carbocycles. The van der Waals surface area contributed by atoms with E-state index in [0.717, 1.165) is 60.4 Å². The summed E-state index contributed by atoms with van der Waals surface area (Å²) < 4.78 is 38.8. The van der Waals surface area contributed by atoms with Crippen molar-refractivity contribution in [1.82, 2.24) is 4.90 Å². The van der Waals surface area contributed by atoms with Gasteiger partial charge in [-0.3, -0.25) is 4.90 Å². The van der Waals surface area contributed by atoms with Crippen LogP contribution in [0.5, 0.6) is 17.2 Å². The van der Waals surface area contributed by atoms with Crippen LogP contribution in [-0.2, 0) is 23.8 Å². The Hall–Kier alpha value is -4.76. The summed E-state index contributed by atoms with van der Waals surface area (Å²) in [5, 5.41) is 36.7. The van der Waals surface area contributed by atoms with Gasteiger partial charge in [0.25, 0.3) is 0 Å². The lowest BCUT2D eigenvalue weighted by atomic mass is 9.55. The summed E-state index contributed by atoms with van der Waals surface area (Å²) in [6.45, 7) is 8.98. The van der Waals surface area contributed by atoms with Crippen molar-refractivity contribution in [2.45, 2.75) is 94.7 Å². The standard InChI is InChI=1S/C51H66N2O11/c1-3-5-28-60-50(57)53(23-30-58-31-26-56)46-35-44(52-64-47-18-10-13-29-59-47)42-33-38(16-8-11-24-54)41(17-9-12-25-55)48-43-34-40(62-39-20-19-36-14-6-7-15-37(36)32-39)21-22-45(43)63-51(46,49(42)48)61-27-4-2/h3-4,6-7,14-15,19-22,32-34,38,41,46-49,54-56H,1-2,5,8-13,16-18,23-31,35H2. The maximum absolute atomic E-state index is 14.5. The smallest absolute Gasteiger partial charge is 0.410 e. The van der Waals surface area contributed by atoms with E-state index < -0.39 is 30.1 Å². The Labute approximate surface area is 377 Å². The summed E-state index contributed by atoms with van der Waals surface area (Å²) in [7, 11) is 0. The molecule has 7 rings (SSSR count). The lowest BCUT2D eigenvalue weighted by Gasteiger charge is -2.59. The van der Waals surface area contributed by atoms with Crippen LogP contribution in [0, 0.1) is 17.8 Å². The maximum atomic E-state index is 14.5. The molecular formula is C51H66N2O11. The number of fused-ring (bicyclic) bond motifs is 3. The molecule has 7 unspecified atom stereocenters. The number of unbranched alkanes of at least 4 members (excludes halogenated alkanes) is 2. The van der Waals surface area contributed by atoms with E-state index in [-0.39, 0.29) is 77.0 Å². The molecule has 2 fully saturated rings. The molecule has 4 aliphatic rings. The van der Waals surface area contributed by atoms with E-state index in [1.165, 1.54) is 0 Å². The number of nitrogens with zero attached hydrogens (tertiary/aromatic N) is 2. The van der Waals surface area contributed by atoms with Crippen LogP contribution in [0.3, 0.4) is 0 Å². The average molecular weight is 883 g/mol. The van der Waals surface area contributed by atoms with Gasteiger partial charge in [-0.2, -0.15) is 0 Å². The van der Waals surface area contributed by atoms with Gasteiger partial charge in [0.2, 0.25) is 12.1 Å². The SMILES string of the molecule is C=CCCOC(=O)N(CCOCCO)C1CC(=NOC2CCCCO2)C2=CC(CCCCO)C(CCCCO)C3c4cc(Oc5ccc6ccccc6c5)ccc4OC1(OCC=C)C23. The van der Waals surface area contributed by atoms with Gasteiger partial charge >= 0.3 is 6.09 Å². The third-order valence-electron chi connectivity index (χ3n) is 12.9. The second-order valence-corrected chi connectivity index (χ2v) is 17.0. The number of hydrogen-bond acceptors (Lipinski definition) is 12. The molecule has 0 spiro atoms. The zero-order valence-electron chi connectivity index (χ0n) is 37.0. The molecular weight excluding hydrogens is 817 g/mol. The van der Waals surface area contributed by atoms with Gasteiger partial charge in [0, 0.05) is 44.1 Å². The van der Waals surface area contributed by atoms with Crippen LogP contribution in [0.15, 0.2) is 103 Å². The molecule has 1 saturated heterocycles. The van der Waals surface area contributed by atoms with E-state index in [9.17, 15) is 20.1 Å². The number of carbonyl (C=O) groups excluding carboxylic acids is 1. The fraction of sp³-hybridized carbons (Fsp3) is 0.529. The highest BCUT2D eigenvalue weighted by Crippen LogP contribution is 2.62. The van der Waals surface area contributed by atoms with Gasteiger partial charge in [-0.1, -0.05) is 66.6 Å².